The zero-order valence-electron chi connectivity index (χ0n) is 20.1. The molecule has 10 heteroatoms. The molecule has 7 nitrogen and oxygen atoms in total. The maximum absolute atomic E-state index is 14.1. The summed E-state index contributed by atoms with van der Waals surface area (Å²) >= 11 is 0. The number of ketones is 1. The van der Waals surface area contributed by atoms with Crippen LogP contribution in [0.5, 0.6) is 0 Å². The van der Waals surface area contributed by atoms with Gasteiger partial charge in [0, 0.05) is 19.3 Å². The molecule has 1 atom stereocenters. The maximum atomic E-state index is 14.1. The van der Waals surface area contributed by atoms with Crippen LogP contribution in [0.25, 0.3) is 11.8 Å². The van der Waals surface area contributed by atoms with Crippen molar-refractivity contribution in [2.45, 2.75) is 17.7 Å². The monoisotopic (exact) mass is 532 g/mol. The molecule has 2 aromatic heterocycles. The molecule has 6 rings (SSSR count). The molecular weight excluding hydrogens is 510 g/mol. The Bertz CT molecular complexity index is 1680. The number of carbonyl (C=O) groups excluding carboxylic acids is 1. The average Bonchev–Trinajstić information content (AvgIpc) is 3.34. The third-order valence-electron chi connectivity index (χ3n) is 7.22. The van der Waals surface area contributed by atoms with Crippen LogP contribution in [0.4, 0.5) is 8.78 Å². The predicted molar refractivity (Wildman–Crippen MR) is 136 cm³/mol. The van der Waals surface area contributed by atoms with Gasteiger partial charge in [0.2, 0.25) is 10.0 Å². The van der Waals surface area contributed by atoms with Gasteiger partial charge in [-0.15, -0.1) is 0 Å². The fraction of sp³-hybridized carbons (Fsp3) is 0.179. The molecule has 0 unspecified atom stereocenters. The minimum absolute atomic E-state index is 0.117. The molecule has 0 bridgehead atoms. The molecule has 1 aliphatic heterocycles. The molecule has 0 N–H and O–H groups in total. The van der Waals surface area contributed by atoms with Gasteiger partial charge in [0.05, 0.1) is 27.9 Å². The topological polar surface area (TPSA) is 85.2 Å². The lowest BCUT2D eigenvalue weighted by Gasteiger charge is -2.44. The molecule has 38 heavy (non-hydrogen) atoms. The van der Waals surface area contributed by atoms with E-state index in [0.29, 0.717) is 12.1 Å². The zero-order valence-corrected chi connectivity index (χ0v) is 20.9. The maximum Gasteiger partial charge on any atom is 0.243 e. The zero-order chi connectivity index (χ0) is 26.5. The van der Waals surface area contributed by atoms with Crippen molar-refractivity contribution in [1.29, 1.82) is 0 Å². The van der Waals surface area contributed by atoms with E-state index in [2.05, 4.69) is 10.1 Å². The van der Waals surface area contributed by atoms with Gasteiger partial charge in [-0.05, 0) is 79.1 Å². The van der Waals surface area contributed by atoms with Crippen molar-refractivity contribution >= 4 is 21.9 Å². The van der Waals surface area contributed by atoms with E-state index in [9.17, 15) is 22.0 Å². The van der Waals surface area contributed by atoms with E-state index in [1.807, 2.05) is 6.08 Å². The highest BCUT2D eigenvalue weighted by Gasteiger charge is 2.51. The minimum Gasteiger partial charge on any atom is -0.291 e. The van der Waals surface area contributed by atoms with Crippen molar-refractivity contribution in [2.24, 2.45) is 5.41 Å². The summed E-state index contributed by atoms with van der Waals surface area (Å²) in [5.74, 6) is -1.30. The summed E-state index contributed by atoms with van der Waals surface area (Å²) in [6.45, 7) is 0.0101. The summed E-state index contributed by atoms with van der Waals surface area (Å²) in [6.07, 6.45) is 5.57. The van der Waals surface area contributed by atoms with Crippen molar-refractivity contribution in [1.82, 2.24) is 19.1 Å². The highest BCUT2D eigenvalue weighted by atomic mass is 32.2. The summed E-state index contributed by atoms with van der Waals surface area (Å²) in [4.78, 5) is 18.2. The first kappa shape index (κ1) is 24.3. The second-order valence-electron chi connectivity index (χ2n) is 9.46. The first-order chi connectivity index (χ1) is 18.3. The van der Waals surface area contributed by atoms with Crippen LogP contribution >= 0.6 is 0 Å². The number of carbonyl (C=O) groups is 1. The first-order valence-electron chi connectivity index (χ1n) is 12.0. The normalized spacial score (nSPS) is 19.4. The van der Waals surface area contributed by atoms with E-state index in [4.69, 9.17) is 0 Å². The number of pyridine rings is 1. The Morgan fingerprint density at radius 1 is 0.974 bits per heavy atom. The average molecular weight is 533 g/mol. The molecule has 0 radical (unpaired) electrons. The van der Waals surface area contributed by atoms with E-state index in [0.717, 1.165) is 22.9 Å². The SMILES string of the molecule is O=C(c1ccccn1)[C@]12Cc3cnn(-c4ccc(F)cc4)c3C=C1CCN(S(=O)(=O)c1cccc(F)c1)C2. The number of halogens is 2. The number of Topliss-reactive ketones (excluding diaryl/α,β-unsaturated/α-hetero) is 1. The van der Waals surface area contributed by atoms with Crippen LogP contribution in [0.2, 0.25) is 0 Å². The van der Waals surface area contributed by atoms with Gasteiger partial charge in [0.25, 0.3) is 0 Å². The number of aromatic nitrogens is 3. The van der Waals surface area contributed by atoms with Gasteiger partial charge >= 0.3 is 0 Å². The van der Waals surface area contributed by atoms with Crippen molar-refractivity contribution < 1.29 is 22.0 Å². The Morgan fingerprint density at radius 2 is 1.79 bits per heavy atom. The molecule has 1 aliphatic carbocycles. The summed E-state index contributed by atoms with van der Waals surface area (Å²) < 4.78 is 57.4. The quantitative estimate of drug-likeness (QED) is 0.355. The van der Waals surface area contributed by atoms with E-state index >= 15 is 0 Å². The number of nitrogens with zero attached hydrogens (tertiary/aromatic N) is 4. The molecule has 3 heterocycles. The lowest BCUT2D eigenvalue weighted by Crippen LogP contribution is -2.53. The molecule has 192 valence electrons. The molecule has 2 aliphatic rings. The molecule has 1 fully saturated rings. The molecular formula is C28H22F2N4O3S. The Kier molecular flexibility index (Phi) is 5.81. The number of rotatable bonds is 5. The van der Waals surface area contributed by atoms with Gasteiger partial charge in [-0.1, -0.05) is 17.7 Å². The number of benzene rings is 2. The van der Waals surface area contributed by atoms with E-state index in [-0.39, 0.29) is 41.7 Å². The van der Waals surface area contributed by atoms with E-state index in [1.54, 1.807) is 41.2 Å². The highest BCUT2D eigenvalue weighted by Crippen LogP contribution is 2.47. The van der Waals surface area contributed by atoms with Crippen LogP contribution < -0.4 is 0 Å². The smallest absolute Gasteiger partial charge is 0.243 e. The standard InChI is InChI=1S/C28H22F2N4O3S/c29-21-7-9-23(10-8-21)34-26-14-20-11-13-33(38(36,37)24-5-3-4-22(30)15-24)18-28(20,16-19(26)17-32-34)27(35)25-6-1-2-12-31-25/h1-10,12,14-15,17H,11,13,16,18H2/t28-/m0/s1. The van der Waals surface area contributed by atoms with Crippen molar-refractivity contribution in [3.63, 3.8) is 0 Å². The van der Waals surface area contributed by atoms with Crippen LogP contribution in [0.1, 0.15) is 28.2 Å². The highest BCUT2D eigenvalue weighted by molar-refractivity contribution is 7.89. The third-order valence-corrected chi connectivity index (χ3v) is 9.06. The summed E-state index contributed by atoms with van der Waals surface area (Å²) in [7, 11) is -4.07. The fourth-order valence-corrected chi connectivity index (χ4v) is 6.86. The second kappa shape index (κ2) is 9.07. The Morgan fingerprint density at radius 3 is 2.53 bits per heavy atom. The summed E-state index contributed by atoms with van der Waals surface area (Å²) in [6, 6.07) is 15.9. The molecule has 1 saturated heterocycles. The van der Waals surface area contributed by atoms with Crippen LogP contribution in [0.15, 0.2) is 89.6 Å². The van der Waals surface area contributed by atoms with Crippen LogP contribution in [0, 0.1) is 17.0 Å². The molecule has 0 amide bonds. The Hall–Kier alpha value is -4.02. The molecule has 0 saturated carbocycles. The first-order valence-corrected chi connectivity index (χ1v) is 13.5. The number of sulfonamides is 1. The molecule has 4 aromatic rings. The van der Waals surface area contributed by atoms with Crippen LogP contribution in [-0.2, 0) is 16.4 Å². The predicted octanol–water partition coefficient (Wildman–Crippen LogP) is 4.45. The van der Waals surface area contributed by atoms with E-state index in [1.165, 1.54) is 40.8 Å². The Balaban J connectivity index is 1.45. The summed E-state index contributed by atoms with van der Waals surface area (Å²) in [5.41, 5.74) is 1.98. The van der Waals surface area contributed by atoms with Crippen molar-refractivity contribution in [2.75, 3.05) is 13.1 Å². The van der Waals surface area contributed by atoms with Gasteiger partial charge in [0.15, 0.2) is 5.78 Å². The number of hydrogen-bond acceptors (Lipinski definition) is 5. The fourth-order valence-electron chi connectivity index (χ4n) is 5.33. The lowest BCUT2D eigenvalue weighted by atomic mass is 9.65. The number of fused-ring (bicyclic) bond motifs is 2. The number of hydrogen-bond donors (Lipinski definition) is 0. The lowest BCUT2D eigenvalue weighted by molar-refractivity contribution is 0.0770. The van der Waals surface area contributed by atoms with Gasteiger partial charge in [0.1, 0.15) is 17.3 Å². The van der Waals surface area contributed by atoms with Crippen molar-refractivity contribution in [3.8, 4) is 5.69 Å². The minimum atomic E-state index is -4.07. The van der Waals surface area contributed by atoms with Crippen LogP contribution in [-0.4, -0.2) is 46.4 Å². The third kappa shape index (κ3) is 3.97. The van der Waals surface area contributed by atoms with E-state index < -0.39 is 21.3 Å². The van der Waals surface area contributed by atoms with Gasteiger partial charge in [-0.3, -0.25) is 9.78 Å². The van der Waals surface area contributed by atoms with Gasteiger partial charge in [-0.25, -0.2) is 21.9 Å². The summed E-state index contributed by atoms with van der Waals surface area (Å²) in [5, 5.41) is 4.49. The van der Waals surface area contributed by atoms with Crippen LogP contribution in [0.3, 0.4) is 0 Å². The number of piperidine rings is 1. The second-order valence-corrected chi connectivity index (χ2v) is 11.4. The molecule has 0 spiro atoms. The van der Waals surface area contributed by atoms with Crippen molar-refractivity contribution in [3.05, 3.63) is 113 Å². The largest absolute Gasteiger partial charge is 0.291 e. The van der Waals surface area contributed by atoms with Gasteiger partial charge in [-0.2, -0.15) is 9.40 Å². The molecule has 2 aromatic carbocycles. The Labute approximate surface area is 218 Å². The van der Waals surface area contributed by atoms with Gasteiger partial charge < -0.3 is 0 Å².